The molecule has 0 aliphatic carbocycles. The fourth-order valence-corrected chi connectivity index (χ4v) is 3.62. The Labute approximate surface area is 153 Å². The van der Waals surface area contributed by atoms with Gasteiger partial charge in [-0.05, 0) is 46.1 Å². The maximum Gasteiger partial charge on any atom is 0.251 e. The molecule has 1 amide bonds. The topological polar surface area (TPSA) is 83.9 Å². The molecule has 0 radical (unpaired) electrons. The van der Waals surface area contributed by atoms with Crippen LogP contribution in [-0.4, -0.2) is 43.6 Å². The smallest absolute Gasteiger partial charge is 0.251 e. The van der Waals surface area contributed by atoms with Crippen LogP contribution in [0.15, 0.2) is 10.9 Å². The number of aromatic nitrogens is 4. The van der Waals surface area contributed by atoms with Crippen LogP contribution in [0.5, 0.6) is 0 Å². The van der Waals surface area contributed by atoms with Crippen molar-refractivity contribution < 1.29 is 4.79 Å². The number of piperidine rings is 1. The Hall–Kier alpha value is -2.44. The summed E-state index contributed by atoms with van der Waals surface area (Å²) in [4.78, 5) is 33.4. The summed E-state index contributed by atoms with van der Waals surface area (Å²) >= 11 is 0. The Bertz CT molecular complexity index is 867. The second-order valence-electron chi connectivity index (χ2n) is 7.20. The minimum absolute atomic E-state index is 0.129. The SMILES string of the molecule is Cc1nc(C2CCCN(C(=O)CCn3nc(C)c(C)c3C)C2)cc(=O)[nH]1. The van der Waals surface area contributed by atoms with Crippen molar-refractivity contribution in [2.24, 2.45) is 0 Å². The molecule has 2 aromatic heterocycles. The summed E-state index contributed by atoms with van der Waals surface area (Å²) in [6.45, 7) is 9.88. The zero-order valence-electron chi connectivity index (χ0n) is 16.0. The first-order chi connectivity index (χ1) is 12.3. The molecule has 0 saturated carbocycles. The van der Waals surface area contributed by atoms with E-state index in [1.165, 1.54) is 5.56 Å². The van der Waals surface area contributed by atoms with Gasteiger partial charge in [-0.1, -0.05) is 0 Å². The predicted octanol–water partition coefficient (Wildman–Crippen LogP) is 2.00. The second-order valence-corrected chi connectivity index (χ2v) is 7.20. The number of aryl methyl sites for hydroxylation is 3. The Kier molecular flexibility index (Phi) is 5.25. The molecule has 1 aliphatic heterocycles. The Balaban J connectivity index is 1.64. The van der Waals surface area contributed by atoms with Crippen LogP contribution in [0.2, 0.25) is 0 Å². The number of aromatic amines is 1. The maximum atomic E-state index is 12.7. The number of rotatable bonds is 4. The number of hydrogen-bond donors (Lipinski definition) is 1. The van der Waals surface area contributed by atoms with Crippen LogP contribution in [0.4, 0.5) is 0 Å². The van der Waals surface area contributed by atoms with Crippen LogP contribution in [0.1, 0.15) is 53.7 Å². The second kappa shape index (κ2) is 7.43. The van der Waals surface area contributed by atoms with Gasteiger partial charge in [0.25, 0.3) is 5.56 Å². The minimum atomic E-state index is -0.129. The van der Waals surface area contributed by atoms with Crippen molar-refractivity contribution in [3.05, 3.63) is 44.9 Å². The van der Waals surface area contributed by atoms with Gasteiger partial charge < -0.3 is 9.88 Å². The van der Waals surface area contributed by atoms with Crippen molar-refractivity contribution in [2.45, 2.75) is 59.4 Å². The average Bonchev–Trinajstić information content (AvgIpc) is 2.86. The van der Waals surface area contributed by atoms with Crippen LogP contribution >= 0.6 is 0 Å². The van der Waals surface area contributed by atoms with Gasteiger partial charge in [0.15, 0.2) is 0 Å². The fourth-order valence-electron chi connectivity index (χ4n) is 3.62. The van der Waals surface area contributed by atoms with E-state index in [4.69, 9.17) is 0 Å². The Morgan fingerprint density at radius 2 is 2.08 bits per heavy atom. The molecule has 2 aromatic rings. The van der Waals surface area contributed by atoms with E-state index < -0.39 is 0 Å². The van der Waals surface area contributed by atoms with Crippen LogP contribution in [0.25, 0.3) is 0 Å². The lowest BCUT2D eigenvalue weighted by Gasteiger charge is -2.32. The molecule has 1 saturated heterocycles. The lowest BCUT2D eigenvalue weighted by Crippen LogP contribution is -2.40. The summed E-state index contributed by atoms with van der Waals surface area (Å²) in [6.07, 6.45) is 2.33. The standard InChI is InChI=1S/C19H27N5O2/c1-12-13(2)22-24(14(12)3)9-7-19(26)23-8-5-6-16(11-23)17-10-18(25)21-15(4)20-17/h10,16H,5-9,11H2,1-4H3,(H,20,21,25). The van der Waals surface area contributed by atoms with Crippen LogP contribution < -0.4 is 5.56 Å². The summed E-state index contributed by atoms with van der Waals surface area (Å²) in [6, 6.07) is 1.56. The highest BCUT2D eigenvalue weighted by Crippen LogP contribution is 2.25. The molecule has 7 nitrogen and oxygen atoms in total. The molecule has 1 fully saturated rings. The summed E-state index contributed by atoms with van der Waals surface area (Å²) in [5.41, 5.74) is 3.98. The highest BCUT2D eigenvalue weighted by Gasteiger charge is 2.26. The molecule has 26 heavy (non-hydrogen) atoms. The molecule has 3 rings (SSSR count). The molecule has 7 heteroatoms. The molecule has 1 atom stereocenters. The maximum absolute atomic E-state index is 12.7. The quantitative estimate of drug-likeness (QED) is 0.907. The zero-order valence-corrected chi connectivity index (χ0v) is 16.0. The number of hydrogen-bond acceptors (Lipinski definition) is 4. The van der Waals surface area contributed by atoms with Gasteiger partial charge in [-0.2, -0.15) is 5.10 Å². The van der Waals surface area contributed by atoms with Crippen molar-refractivity contribution in [1.29, 1.82) is 0 Å². The van der Waals surface area contributed by atoms with E-state index in [0.717, 1.165) is 36.5 Å². The molecular formula is C19H27N5O2. The van der Waals surface area contributed by atoms with Gasteiger partial charge in [0.2, 0.25) is 5.91 Å². The van der Waals surface area contributed by atoms with E-state index in [1.807, 2.05) is 23.4 Å². The van der Waals surface area contributed by atoms with Crippen molar-refractivity contribution in [1.82, 2.24) is 24.6 Å². The number of amides is 1. The largest absolute Gasteiger partial charge is 0.342 e. The third-order valence-electron chi connectivity index (χ3n) is 5.35. The van der Waals surface area contributed by atoms with E-state index in [1.54, 1.807) is 13.0 Å². The highest BCUT2D eigenvalue weighted by molar-refractivity contribution is 5.76. The molecule has 3 heterocycles. The van der Waals surface area contributed by atoms with Crippen molar-refractivity contribution in [2.75, 3.05) is 13.1 Å². The van der Waals surface area contributed by atoms with E-state index in [-0.39, 0.29) is 17.4 Å². The molecule has 140 valence electrons. The summed E-state index contributed by atoms with van der Waals surface area (Å²) in [5, 5.41) is 4.51. The van der Waals surface area contributed by atoms with Gasteiger partial charge in [0, 0.05) is 43.7 Å². The van der Waals surface area contributed by atoms with Crippen LogP contribution in [-0.2, 0) is 11.3 Å². The predicted molar refractivity (Wildman–Crippen MR) is 99.2 cm³/mol. The minimum Gasteiger partial charge on any atom is -0.342 e. The number of nitrogens with zero attached hydrogens (tertiary/aromatic N) is 4. The zero-order chi connectivity index (χ0) is 18.8. The number of carbonyl (C=O) groups is 1. The highest BCUT2D eigenvalue weighted by atomic mass is 16.2. The van der Waals surface area contributed by atoms with E-state index in [2.05, 4.69) is 22.0 Å². The average molecular weight is 357 g/mol. The molecule has 1 unspecified atom stereocenters. The lowest BCUT2D eigenvalue weighted by atomic mass is 9.94. The first kappa shape index (κ1) is 18.4. The van der Waals surface area contributed by atoms with Gasteiger partial charge in [0.05, 0.1) is 11.4 Å². The third-order valence-corrected chi connectivity index (χ3v) is 5.35. The first-order valence-corrected chi connectivity index (χ1v) is 9.21. The fraction of sp³-hybridized carbons (Fsp3) is 0.579. The molecule has 1 aliphatic rings. The lowest BCUT2D eigenvalue weighted by molar-refractivity contribution is -0.132. The molecular weight excluding hydrogens is 330 g/mol. The van der Waals surface area contributed by atoms with E-state index in [9.17, 15) is 9.59 Å². The van der Waals surface area contributed by atoms with Crippen molar-refractivity contribution in [3.63, 3.8) is 0 Å². The van der Waals surface area contributed by atoms with Gasteiger partial charge in [-0.15, -0.1) is 0 Å². The molecule has 1 N–H and O–H groups in total. The summed E-state index contributed by atoms with van der Waals surface area (Å²) in [7, 11) is 0. The summed E-state index contributed by atoms with van der Waals surface area (Å²) < 4.78 is 1.92. The number of likely N-dealkylation sites (tertiary alicyclic amines) is 1. The molecule has 0 bridgehead atoms. The number of H-pyrrole nitrogens is 1. The van der Waals surface area contributed by atoms with Gasteiger partial charge in [-0.3, -0.25) is 14.3 Å². The normalized spacial score (nSPS) is 17.5. The van der Waals surface area contributed by atoms with E-state index >= 15 is 0 Å². The Morgan fingerprint density at radius 1 is 1.31 bits per heavy atom. The van der Waals surface area contributed by atoms with Gasteiger partial charge in [0.1, 0.15) is 5.82 Å². The third kappa shape index (κ3) is 3.86. The van der Waals surface area contributed by atoms with Crippen molar-refractivity contribution in [3.8, 4) is 0 Å². The van der Waals surface area contributed by atoms with E-state index in [0.29, 0.717) is 25.3 Å². The summed E-state index contributed by atoms with van der Waals surface area (Å²) in [5.74, 6) is 0.891. The van der Waals surface area contributed by atoms with Crippen molar-refractivity contribution >= 4 is 5.91 Å². The van der Waals surface area contributed by atoms with Gasteiger partial charge in [-0.25, -0.2) is 4.98 Å². The first-order valence-electron chi connectivity index (χ1n) is 9.21. The molecule has 0 spiro atoms. The monoisotopic (exact) mass is 357 g/mol. The van der Waals surface area contributed by atoms with Crippen LogP contribution in [0.3, 0.4) is 0 Å². The van der Waals surface area contributed by atoms with Gasteiger partial charge >= 0.3 is 0 Å². The molecule has 0 aromatic carbocycles. The Morgan fingerprint density at radius 3 is 2.73 bits per heavy atom. The van der Waals surface area contributed by atoms with Crippen LogP contribution in [0, 0.1) is 27.7 Å². The number of carbonyl (C=O) groups excluding carboxylic acids is 1. The number of nitrogens with one attached hydrogen (secondary N) is 1.